The Morgan fingerprint density at radius 1 is 1.24 bits per heavy atom. The van der Waals surface area contributed by atoms with Gasteiger partial charge in [-0.15, -0.1) is 0 Å². The third-order valence-corrected chi connectivity index (χ3v) is 3.95. The van der Waals surface area contributed by atoms with Crippen LogP contribution in [0.1, 0.15) is 55.6 Å². The SMILES string of the molecule is CCOC(=O)c1ccc(C2=CCN(C(=O)OC(C)(C)C)CC2)cc1C. The molecule has 1 aromatic rings. The lowest BCUT2D eigenvalue weighted by atomic mass is 9.96. The van der Waals surface area contributed by atoms with E-state index in [1.807, 2.05) is 52.0 Å². The second kappa shape index (κ2) is 7.72. The number of amides is 1. The Kier molecular flexibility index (Phi) is 5.88. The van der Waals surface area contributed by atoms with E-state index in [9.17, 15) is 9.59 Å². The molecule has 1 aromatic carbocycles. The molecule has 0 aliphatic carbocycles. The van der Waals surface area contributed by atoms with Crippen LogP contribution in [0.25, 0.3) is 5.57 Å². The topological polar surface area (TPSA) is 55.8 Å². The number of nitrogens with zero attached hydrogens (tertiary/aromatic N) is 1. The molecule has 0 radical (unpaired) electrons. The van der Waals surface area contributed by atoms with Crippen molar-refractivity contribution in [1.82, 2.24) is 4.90 Å². The van der Waals surface area contributed by atoms with Crippen molar-refractivity contribution in [2.24, 2.45) is 0 Å². The van der Waals surface area contributed by atoms with Gasteiger partial charge in [0.1, 0.15) is 5.60 Å². The maximum atomic E-state index is 12.1. The highest BCUT2D eigenvalue weighted by Crippen LogP contribution is 2.25. The number of hydrogen-bond acceptors (Lipinski definition) is 4. The molecule has 0 unspecified atom stereocenters. The first-order valence-electron chi connectivity index (χ1n) is 8.66. The van der Waals surface area contributed by atoms with Gasteiger partial charge in [-0.1, -0.05) is 18.2 Å². The molecule has 0 saturated carbocycles. The van der Waals surface area contributed by atoms with Crippen molar-refractivity contribution in [2.75, 3.05) is 19.7 Å². The molecule has 0 spiro atoms. The monoisotopic (exact) mass is 345 g/mol. The van der Waals surface area contributed by atoms with Crippen LogP contribution < -0.4 is 0 Å². The summed E-state index contributed by atoms with van der Waals surface area (Å²) < 4.78 is 10.5. The van der Waals surface area contributed by atoms with Gasteiger partial charge in [-0.2, -0.15) is 0 Å². The number of carbonyl (C=O) groups is 2. The molecule has 5 nitrogen and oxygen atoms in total. The van der Waals surface area contributed by atoms with Gasteiger partial charge in [0.15, 0.2) is 0 Å². The van der Waals surface area contributed by atoms with E-state index in [1.54, 1.807) is 11.8 Å². The highest BCUT2D eigenvalue weighted by molar-refractivity contribution is 5.91. The summed E-state index contributed by atoms with van der Waals surface area (Å²) in [6, 6.07) is 5.75. The Morgan fingerprint density at radius 3 is 2.48 bits per heavy atom. The molecule has 2 rings (SSSR count). The van der Waals surface area contributed by atoms with Crippen LogP contribution in [0.3, 0.4) is 0 Å². The molecule has 136 valence electrons. The number of carbonyl (C=O) groups excluding carboxylic acids is 2. The molecule has 0 atom stereocenters. The molecule has 25 heavy (non-hydrogen) atoms. The fourth-order valence-corrected chi connectivity index (χ4v) is 2.72. The molecule has 0 bridgehead atoms. The van der Waals surface area contributed by atoms with Gasteiger partial charge in [0.05, 0.1) is 12.2 Å². The molecule has 5 heteroatoms. The number of esters is 1. The van der Waals surface area contributed by atoms with Gasteiger partial charge >= 0.3 is 12.1 Å². The van der Waals surface area contributed by atoms with Crippen molar-refractivity contribution in [1.29, 1.82) is 0 Å². The van der Waals surface area contributed by atoms with Crippen LogP contribution in [-0.4, -0.2) is 42.3 Å². The number of rotatable bonds is 3. The van der Waals surface area contributed by atoms with Crippen molar-refractivity contribution >= 4 is 17.6 Å². The van der Waals surface area contributed by atoms with Crippen molar-refractivity contribution in [3.8, 4) is 0 Å². The minimum Gasteiger partial charge on any atom is -0.462 e. The number of hydrogen-bond donors (Lipinski definition) is 0. The van der Waals surface area contributed by atoms with Crippen LogP contribution >= 0.6 is 0 Å². The van der Waals surface area contributed by atoms with Crippen LogP contribution in [0.2, 0.25) is 0 Å². The predicted octanol–water partition coefficient (Wildman–Crippen LogP) is 4.20. The zero-order chi connectivity index (χ0) is 18.6. The summed E-state index contributed by atoms with van der Waals surface area (Å²) in [4.78, 5) is 25.7. The van der Waals surface area contributed by atoms with Crippen LogP contribution in [0.15, 0.2) is 24.3 Å². The fourth-order valence-electron chi connectivity index (χ4n) is 2.72. The summed E-state index contributed by atoms with van der Waals surface area (Å²) in [5.74, 6) is -0.291. The van der Waals surface area contributed by atoms with Crippen LogP contribution in [-0.2, 0) is 9.47 Å². The highest BCUT2D eigenvalue weighted by Gasteiger charge is 2.24. The van der Waals surface area contributed by atoms with Crippen molar-refractivity contribution in [3.63, 3.8) is 0 Å². The van der Waals surface area contributed by atoms with Gasteiger partial charge < -0.3 is 14.4 Å². The average Bonchev–Trinajstić information content (AvgIpc) is 2.53. The molecule has 1 heterocycles. The lowest BCUT2D eigenvalue weighted by molar-refractivity contribution is 0.0270. The van der Waals surface area contributed by atoms with E-state index in [-0.39, 0.29) is 12.1 Å². The molecule has 1 aliphatic heterocycles. The van der Waals surface area contributed by atoms with Gasteiger partial charge in [-0.05, 0) is 63.8 Å². The number of ether oxygens (including phenoxy) is 2. The van der Waals surface area contributed by atoms with E-state index in [0.29, 0.717) is 25.3 Å². The molecule has 0 N–H and O–H groups in total. The summed E-state index contributed by atoms with van der Waals surface area (Å²) >= 11 is 0. The first kappa shape index (κ1) is 19.0. The maximum absolute atomic E-state index is 12.1. The minimum absolute atomic E-state index is 0.281. The minimum atomic E-state index is -0.485. The van der Waals surface area contributed by atoms with Crippen molar-refractivity contribution < 1.29 is 19.1 Å². The van der Waals surface area contributed by atoms with Gasteiger partial charge in [-0.3, -0.25) is 0 Å². The summed E-state index contributed by atoms with van der Waals surface area (Å²) in [5, 5.41) is 0. The first-order valence-corrected chi connectivity index (χ1v) is 8.66. The van der Waals surface area contributed by atoms with Crippen molar-refractivity contribution in [2.45, 2.75) is 46.6 Å². The molecule has 0 saturated heterocycles. The lowest BCUT2D eigenvalue weighted by Crippen LogP contribution is -2.39. The Hall–Kier alpha value is -2.30. The quantitative estimate of drug-likeness (QED) is 0.771. The number of benzene rings is 1. The Bertz CT molecular complexity index is 685. The second-order valence-corrected chi connectivity index (χ2v) is 7.16. The smallest absolute Gasteiger partial charge is 0.410 e. The van der Waals surface area contributed by atoms with Crippen LogP contribution in [0.5, 0.6) is 0 Å². The van der Waals surface area contributed by atoms with Gasteiger partial charge in [0, 0.05) is 13.1 Å². The Balaban J connectivity index is 2.07. The second-order valence-electron chi connectivity index (χ2n) is 7.16. The maximum Gasteiger partial charge on any atom is 0.410 e. The molecular formula is C20H27NO4. The average molecular weight is 345 g/mol. The van der Waals surface area contributed by atoms with Gasteiger partial charge in [0.25, 0.3) is 0 Å². The fraction of sp³-hybridized carbons (Fsp3) is 0.500. The Morgan fingerprint density at radius 2 is 1.96 bits per heavy atom. The van der Waals surface area contributed by atoms with E-state index in [2.05, 4.69) is 0 Å². The zero-order valence-electron chi connectivity index (χ0n) is 15.7. The summed E-state index contributed by atoms with van der Waals surface area (Å²) in [6.07, 6.45) is 2.53. The van der Waals surface area contributed by atoms with Crippen LogP contribution in [0.4, 0.5) is 4.79 Å². The first-order chi connectivity index (χ1) is 11.7. The number of aryl methyl sites for hydroxylation is 1. The largest absolute Gasteiger partial charge is 0.462 e. The standard InChI is InChI=1S/C20H27NO4/c1-6-24-18(22)17-8-7-16(13-14(17)2)15-9-11-21(12-10-15)19(23)25-20(3,4)5/h7-9,13H,6,10-12H2,1-5H3. The third-order valence-electron chi connectivity index (χ3n) is 3.95. The lowest BCUT2D eigenvalue weighted by Gasteiger charge is -2.29. The summed E-state index contributed by atoms with van der Waals surface area (Å²) in [6.45, 7) is 10.8. The molecular weight excluding hydrogens is 318 g/mol. The zero-order valence-corrected chi connectivity index (χ0v) is 15.7. The van der Waals surface area contributed by atoms with Gasteiger partial charge in [-0.25, -0.2) is 9.59 Å². The van der Waals surface area contributed by atoms with E-state index >= 15 is 0 Å². The predicted molar refractivity (Wildman–Crippen MR) is 97.5 cm³/mol. The molecule has 1 amide bonds. The van der Waals surface area contributed by atoms with Crippen molar-refractivity contribution in [3.05, 3.63) is 41.0 Å². The molecule has 0 fully saturated rings. The van der Waals surface area contributed by atoms with E-state index in [1.165, 1.54) is 5.57 Å². The van der Waals surface area contributed by atoms with E-state index < -0.39 is 5.60 Å². The summed E-state index contributed by atoms with van der Waals surface area (Å²) in [5.41, 5.74) is 3.26. The van der Waals surface area contributed by atoms with Gasteiger partial charge in [0.2, 0.25) is 0 Å². The normalized spacial score (nSPS) is 14.8. The third kappa shape index (κ3) is 5.08. The van der Waals surface area contributed by atoms with Crippen LogP contribution in [0, 0.1) is 6.92 Å². The molecule has 1 aliphatic rings. The molecule has 0 aromatic heterocycles. The van der Waals surface area contributed by atoms with E-state index in [4.69, 9.17) is 9.47 Å². The Labute approximate surface area is 149 Å². The highest BCUT2D eigenvalue weighted by atomic mass is 16.6. The van der Waals surface area contributed by atoms with E-state index in [0.717, 1.165) is 17.5 Å². The summed E-state index contributed by atoms with van der Waals surface area (Å²) in [7, 11) is 0.